The molecule has 1 amide bonds. The van der Waals surface area contributed by atoms with E-state index in [0.717, 1.165) is 19.3 Å². The van der Waals surface area contributed by atoms with E-state index in [-0.39, 0.29) is 17.4 Å². The molecule has 4 rings (SSSR count). The molecule has 154 valence electrons. The average Bonchev–Trinajstić information content (AvgIpc) is 2.75. The molecule has 0 unspecified atom stereocenters. The summed E-state index contributed by atoms with van der Waals surface area (Å²) in [6.45, 7) is 2.92. The number of nitrogens with zero attached hydrogens (tertiary/aromatic N) is 1. The van der Waals surface area contributed by atoms with E-state index in [1.807, 2.05) is 6.07 Å². The molecule has 2 heterocycles. The second-order valence-corrected chi connectivity index (χ2v) is 9.20. The molecule has 8 heteroatoms. The third kappa shape index (κ3) is 4.09. The molecule has 1 fully saturated rings. The molecule has 0 saturated carbocycles. The molecule has 2 aromatic carbocycles. The number of ether oxygens (including phenoxy) is 2. The number of hydrogen-bond donors (Lipinski definition) is 1. The molecule has 1 saturated heterocycles. The largest absolute Gasteiger partial charge is 0.485 e. The Morgan fingerprint density at radius 1 is 1.07 bits per heavy atom. The van der Waals surface area contributed by atoms with Crippen LogP contribution in [0.3, 0.4) is 0 Å². The molecule has 0 bridgehead atoms. The fraction of sp³-hybridized carbons (Fsp3) is 0.381. The number of piperidine rings is 1. The summed E-state index contributed by atoms with van der Waals surface area (Å²) >= 11 is 0. The van der Waals surface area contributed by atoms with Crippen LogP contribution in [0.5, 0.6) is 11.5 Å². The second kappa shape index (κ2) is 8.04. The lowest BCUT2D eigenvalue weighted by molar-refractivity contribution is -0.125. The zero-order chi connectivity index (χ0) is 20.4. The van der Waals surface area contributed by atoms with Crippen LogP contribution in [0.1, 0.15) is 24.8 Å². The predicted molar refractivity (Wildman–Crippen MR) is 109 cm³/mol. The Bertz CT molecular complexity index is 1020. The first-order chi connectivity index (χ1) is 13.9. The van der Waals surface area contributed by atoms with Gasteiger partial charge in [0.25, 0.3) is 5.91 Å². The Hall–Kier alpha value is -2.58. The molecule has 2 aliphatic rings. The van der Waals surface area contributed by atoms with Crippen LogP contribution in [0.25, 0.3) is 0 Å². The molecule has 1 N–H and O–H groups in total. The quantitative estimate of drug-likeness (QED) is 0.828. The Morgan fingerprint density at radius 2 is 1.79 bits per heavy atom. The Labute approximate surface area is 170 Å². The summed E-state index contributed by atoms with van der Waals surface area (Å²) < 4.78 is 38.9. The second-order valence-electron chi connectivity index (χ2n) is 7.30. The molecule has 2 aromatic rings. The van der Waals surface area contributed by atoms with E-state index < -0.39 is 16.1 Å². The number of amides is 1. The molecule has 0 radical (unpaired) electrons. The minimum atomic E-state index is -3.59. The summed E-state index contributed by atoms with van der Waals surface area (Å²) in [7, 11) is -3.59. The van der Waals surface area contributed by atoms with Gasteiger partial charge in [-0.05, 0) is 49.6 Å². The van der Waals surface area contributed by atoms with Gasteiger partial charge in [0.05, 0.1) is 4.90 Å². The van der Waals surface area contributed by atoms with Crippen LogP contribution in [0.4, 0.5) is 5.69 Å². The zero-order valence-corrected chi connectivity index (χ0v) is 17.1. The molecule has 2 aliphatic heterocycles. The van der Waals surface area contributed by atoms with Gasteiger partial charge >= 0.3 is 0 Å². The first kappa shape index (κ1) is 19.7. The number of anilines is 1. The summed E-state index contributed by atoms with van der Waals surface area (Å²) in [6.07, 6.45) is 1.98. The molecular weight excluding hydrogens is 392 g/mol. The van der Waals surface area contributed by atoms with E-state index in [9.17, 15) is 13.2 Å². The van der Waals surface area contributed by atoms with Crippen molar-refractivity contribution in [1.29, 1.82) is 0 Å². The van der Waals surface area contributed by atoms with Gasteiger partial charge in [0, 0.05) is 18.8 Å². The highest BCUT2D eigenvalue weighted by Gasteiger charge is 2.30. The van der Waals surface area contributed by atoms with Crippen molar-refractivity contribution in [2.45, 2.75) is 37.2 Å². The van der Waals surface area contributed by atoms with Crippen molar-refractivity contribution >= 4 is 21.6 Å². The summed E-state index contributed by atoms with van der Waals surface area (Å²) in [4.78, 5) is 12.9. The smallest absolute Gasteiger partial charge is 0.269 e. The van der Waals surface area contributed by atoms with Gasteiger partial charge < -0.3 is 14.8 Å². The first-order valence-corrected chi connectivity index (χ1v) is 11.2. The fourth-order valence-corrected chi connectivity index (χ4v) is 5.34. The van der Waals surface area contributed by atoms with Crippen molar-refractivity contribution < 1.29 is 22.7 Å². The summed E-state index contributed by atoms with van der Waals surface area (Å²) in [5, 5.41) is 2.76. The number of benzene rings is 2. The third-order valence-electron chi connectivity index (χ3n) is 5.19. The van der Waals surface area contributed by atoms with E-state index in [1.54, 1.807) is 37.3 Å². The van der Waals surface area contributed by atoms with Crippen LogP contribution >= 0.6 is 0 Å². The lowest BCUT2D eigenvalue weighted by atomic mass is 10.2. The van der Waals surface area contributed by atoms with Gasteiger partial charge in [-0.25, -0.2) is 8.42 Å². The van der Waals surface area contributed by atoms with E-state index in [0.29, 0.717) is 35.8 Å². The highest BCUT2D eigenvalue weighted by molar-refractivity contribution is 7.89. The molecule has 7 nitrogen and oxygen atoms in total. The zero-order valence-electron chi connectivity index (χ0n) is 16.3. The van der Waals surface area contributed by atoms with Crippen molar-refractivity contribution in [3.8, 4) is 11.5 Å². The van der Waals surface area contributed by atoms with Crippen LogP contribution in [-0.4, -0.2) is 44.4 Å². The number of hydrogen-bond acceptors (Lipinski definition) is 5. The number of carbonyl (C=O) groups is 1. The molecular formula is C21H24N2O5S. The van der Waals surface area contributed by atoms with Crippen molar-refractivity contribution in [2.24, 2.45) is 0 Å². The maximum atomic E-state index is 13.1. The number of nitrogens with one attached hydrogen (secondary N) is 1. The van der Waals surface area contributed by atoms with Crippen molar-refractivity contribution in [1.82, 2.24) is 4.31 Å². The van der Waals surface area contributed by atoms with Crippen molar-refractivity contribution in [3.05, 3.63) is 48.0 Å². The van der Waals surface area contributed by atoms with E-state index in [1.165, 1.54) is 10.4 Å². The minimum absolute atomic E-state index is 0.0909. The van der Waals surface area contributed by atoms with E-state index in [2.05, 4.69) is 5.32 Å². The van der Waals surface area contributed by atoms with E-state index in [4.69, 9.17) is 9.47 Å². The fourth-order valence-electron chi connectivity index (χ4n) is 3.57. The number of sulfonamides is 1. The predicted octanol–water partition coefficient (Wildman–Crippen LogP) is 2.95. The number of carbonyl (C=O) groups excluding carboxylic acids is 1. The summed E-state index contributed by atoms with van der Waals surface area (Å²) in [6, 6.07) is 12.1. The maximum Gasteiger partial charge on any atom is 0.269 e. The first-order valence-electron chi connectivity index (χ1n) is 9.75. The van der Waals surface area contributed by atoms with Crippen LogP contribution in [0, 0.1) is 6.92 Å². The SMILES string of the molecule is Cc1ccc(NC(=O)[C@@H]2COc3ccccc3O2)cc1S(=O)(=O)N1CCCCC1. The Morgan fingerprint density at radius 3 is 2.55 bits per heavy atom. The minimum Gasteiger partial charge on any atom is -0.485 e. The monoisotopic (exact) mass is 416 g/mol. The summed E-state index contributed by atoms with van der Waals surface area (Å²) in [5.74, 6) is 0.725. The normalized spacial score (nSPS) is 19.6. The van der Waals surface area contributed by atoms with Gasteiger partial charge in [-0.1, -0.05) is 24.6 Å². The van der Waals surface area contributed by atoms with Gasteiger partial charge in [0.2, 0.25) is 16.1 Å². The van der Waals surface area contributed by atoms with Gasteiger partial charge in [0.15, 0.2) is 11.5 Å². The lowest BCUT2D eigenvalue weighted by Gasteiger charge is -2.27. The topological polar surface area (TPSA) is 84.9 Å². The van der Waals surface area contributed by atoms with E-state index >= 15 is 0 Å². The van der Waals surface area contributed by atoms with Crippen molar-refractivity contribution in [2.75, 3.05) is 25.0 Å². The third-order valence-corrected chi connectivity index (χ3v) is 7.23. The molecule has 29 heavy (non-hydrogen) atoms. The Kier molecular flexibility index (Phi) is 5.47. The van der Waals surface area contributed by atoms with Gasteiger partial charge in [0.1, 0.15) is 6.61 Å². The van der Waals surface area contributed by atoms with Crippen LogP contribution in [0.15, 0.2) is 47.4 Å². The number of fused-ring (bicyclic) bond motifs is 1. The number of aryl methyl sites for hydroxylation is 1. The average molecular weight is 416 g/mol. The number of para-hydroxylation sites is 2. The van der Waals surface area contributed by atoms with Crippen LogP contribution < -0.4 is 14.8 Å². The maximum absolute atomic E-state index is 13.1. The van der Waals surface area contributed by atoms with Crippen molar-refractivity contribution in [3.63, 3.8) is 0 Å². The number of rotatable bonds is 4. The standard InChI is InChI=1S/C21H24N2O5S/c1-15-9-10-16(13-20(15)29(25,26)23-11-5-2-6-12-23)22-21(24)19-14-27-17-7-3-4-8-18(17)28-19/h3-4,7-10,13,19H,2,5-6,11-12,14H2,1H3,(H,22,24)/t19-/m0/s1. The highest BCUT2D eigenvalue weighted by atomic mass is 32.2. The van der Waals surface area contributed by atoms with Gasteiger partial charge in [-0.15, -0.1) is 0 Å². The molecule has 0 aromatic heterocycles. The lowest BCUT2D eigenvalue weighted by Crippen LogP contribution is -2.40. The Balaban J connectivity index is 1.51. The van der Waals surface area contributed by atoms with Crippen LogP contribution in [0.2, 0.25) is 0 Å². The molecule has 0 spiro atoms. The van der Waals surface area contributed by atoms with Gasteiger partial charge in [-0.3, -0.25) is 4.79 Å². The van der Waals surface area contributed by atoms with Gasteiger partial charge in [-0.2, -0.15) is 4.31 Å². The highest BCUT2D eigenvalue weighted by Crippen LogP contribution is 2.31. The molecule has 1 atom stereocenters. The summed E-state index contributed by atoms with van der Waals surface area (Å²) in [5.41, 5.74) is 1.07. The van der Waals surface area contributed by atoms with Crippen LogP contribution in [-0.2, 0) is 14.8 Å². The molecule has 0 aliphatic carbocycles.